The van der Waals surface area contributed by atoms with Crippen LogP contribution in [0.3, 0.4) is 0 Å². The molecule has 2 N–H and O–H groups in total. The molecule has 0 radical (unpaired) electrons. The lowest BCUT2D eigenvalue weighted by Crippen LogP contribution is -2.44. The Bertz CT molecular complexity index is 207. The average Bonchev–Trinajstić information content (AvgIpc) is 2.14. The number of rotatable bonds is 2. The second-order valence-corrected chi connectivity index (χ2v) is 4.73. The average molecular weight is 216 g/mol. The summed E-state index contributed by atoms with van der Waals surface area (Å²) < 4.78 is 4.98. The van der Waals surface area contributed by atoms with Crippen LogP contribution in [0.25, 0.3) is 0 Å². The maximum absolute atomic E-state index is 11.2. The van der Waals surface area contributed by atoms with Crippen LogP contribution in [0.15, 0.2) is 0 Å². The van der Waals surface area contributed by atoms with Gasteiger partial charge in [0.25, 0.3) is 0 Å². The number of piperidine rings is 1. The first-order valence-electron chi connectivity index (χ1n) is 5.33. The minimum atomic E-state index is -0.673. The Hall–Kier alpha value is -0.810. The van der Waals surface area contributed by atoms with Gasteiger partial charge in [-0.05, 0) is 40.2 Å². The van der Waals surface area contributed by atoms with Gasteiger partial charge in [-0.2, -0.15) is 0 Å². The van der Waals surface area contributed by atoms with Crippen molar-refractivity contribution in [2.24, 2.45) is 0 Å². The summed E-state index contributed by atoms with van der Waals surface area (Å²) in [7, 11) is 0. The number of hydroxylamine groups is 1. The van der Waals surface area contributed by atoms with Crippen LogP contribution in [0.5, 0.6) is 0 Å². The summed E-state index contributed by atoms with van der Waals surface area (Å²) in [5.41, 5.74) is 2.20. The Morgan fingerprint density at radius 3 is 2.73 bits per heavy atom. The van der Waals surface area contributed by atoms with E-state index in [0.29, 0.717) is 0 Å². The van der Waals surface area contributed by atoms with E-state index in [1.54, 1.807) is 20.8 Å². The summed E-state index contributed by atoms with van der Waals surface area (Å²) in [6.45, 7) is 7.26. The molecule has 1 atom stereocenters. The van der Waals surface area contributed by atoms with Gasteiger partial charge in [-0.25, -0.2) is 4.79 Å². The normalized spacial score (nSPS) is 22.2. The van der Waals surface area contributed by atoms with Crippen LogP contribution in [0.2, 0.25) is 0 Å². The van der Waals surface area contributed by atoms with Crippen molar-refractivity contribution < 1.29 is 14.4 Å². The minimum absolute atomic E-state index is 0.186. The third-order valence-electron chi connectivity index (χ3n) is 2.00. The fraction of sp³-hybridized carbons (Fsp3) is 0.900. The Morgan fingerprint density at radius 1 is 1.47 bits per heavy atom. The third kappa shape index (κ3) is 5.59. The Kier molecular flexibility index (Phi) is 4.35. The standard InChI is InChI=1S/C10H20N2O3/c1-10(2,3)14-9(13)15-12-8-5-4-6-11-7-8/h8,11-12H,4-7H2,1-3H3/t8-/m0/s1. The molecule has 1 heterocycles. The SMILES string of the molecule is CC(C)(C)OC(=O)ON[C@H]1CCCNC1. The molecule has 0 aromatic rings. The molecule has 0 aromatic carbocycles. The van der Waals surface area contributed by atoms with Gasteiger partial charge in [0.05, 0.1) is 6.04 Å². The molecule has 15 heavy (non-hydrogen) atoms. The van der Waals surface area contributed by atoms with Crippen LogP contribution in [0.1, 0.15) is 33.6 Å². The second-order valence-electron chi connectivity index (χ2n) is 4.73. The second kappa shape index (κ2) is 5.32. The van der Waals surface area contributed by atoms with Crippen LogP contribution in [-0.4, -0.2) is 30.9 Å². The van der Waals surface area contributed by atoms with E-state index in [4.69, 9.17) is 9.57 Å². The van der Waals surface area contributed by atoms with E-state index in [1.165, 1.54) is 0 Å². The highest BCUT2D eigenvalue weighted by molar-refractivity contribution is 5.60. The number of carbonyl (C=O) groups excluding carboxylic acids is 1. The summed E-state index contributed by atoms with van der Waals surface area (Å²) >= 11 is 0. The van der Waals surface area contributed by atoms with Crippen molar-refractivity contribution in [1.82, 2.24) is 10.8 Å². The van der Waals surface area contributed by atoms with Gasteiger partial charge in [-0.15, -0.1) is 5.48 Å². The van der Waals surface area contributed by atoms with Crippen molar-refractivity contribution in [2.75, 3.05) is 13.1 Å². The molecule has 0 aromatic heterocycles. The zero-order valence-corrected chi connectivity index (χ0v) is 9.63. The molecule has 0 bridgehead atoms. The fourth-order valence-electron chi connectivity index (χ4n) is 1.35. The van der Waals surface area contributed by atoms with Crippen LogP contribution in [0, 0.1) is 0 Å². The molecule has 1 saturated heterocycles. The molecule has 88 valence electrons. The third-order valence-corrected chi connectivity index (χ3v) is 2.00. The van der Waals surface area contributed by atoms with Crippen molar-refractivity contribution in [3.63, 3.8) is 0 Å². The summed E-state index contributed by atoms with van der Waals surface area (Å²) in [6.07, 6.45) is 1.43. The first kappa shape index (κ1) is 12.3. The van der Waals surface area contributed by atoms with E-state index in [-0.39, 0.29) is 6.04 Å². The molecule has 0 aliphatic carbocycles. The minimum Gasteiger partial charge on any atom is -0.427 e. The molecule has 1 aliphatic heterocycles. The van der Waals surface area contributed by atoms with Gasteiger partial charge >= 0.3 is 6.16 Å². The van der Waals surface area contributed by atoms with Crippen molar-refractivity contribution in [1.29, 1.82) is 0 Å². The van der Waals surface area contributed by atoms with Gasteiger partial charge in [0, 0.05) is 6.54 Å². The largest absolute Gasteiger partial charge is 0.528 e. The number of ether oxygens (including phenoxy) is 1. The molecule has 1 aliphatic rings. The van der Waals surface area contributed by atoms with Crippen molar-refractivity contribution >= 4 is 6.16 Å². The van der Waals surface area contributed by atoms with Crippen LogP contribution in [-0.2, 0) is 9.57 Å². The Labute approximate surface area is 90.5 Å². The van der Waals surface area contributed by atoms with Crippen LogP contribution in [0.4, 0.5) is 4.79 Å². The Morgan fingerprint density at radius 2 is 2.20 bits per heavy atom. The van der Waals surface area contributed by atoms with Gasteiger partial charge in [0.15, 0.2) is 0 Å². The lowest BCUT2D eigenvalue weighted by atomic mass is 10.1. The highest BCUT2D eigenvalue weighted by Crippen LogP contribution is 2.08. The molecular weight excluding hydrogens is 196 g/mol. The lowest BCUT2D eigenvalue weighted by molar-refractivity contribution is -0.0415. The number of nitrogens with one attached hydrogen (secondary N) is 2. The molecule has 1 rings (SSSR count). The molecular formula is C10H20N2O3. The number of hydrogen-bond acceptors (Lipinski definition) is 5. The van der Waals surface area contributed by atoms with Crippen LogP contribution < -0.4 is 10.8 Å². The smallest absolute Gasteiger partial charge is 0.427 e. The first-order chi connectivity index (χ1) is 6.97. The predicted molar refractivity (Wildman–Crippen MR) is 56.3 cm³/mol. The summed E-state index contributed by atoms with van der Waals surface area (Å²) in [4.78, 5) is 16.0. The highest BCUT2D eigenvalue weighted by Gasteiger charge is 2.19. The summed E-state index contributed by atoms with van der Waals surface area (Å²) in [5, 5.41) is 3.21. The van der Waals surface area contributed by atoms with Crippen LogP contribution >= 0.6 is 0 Å². The van der Waals surface area contributed by atoms with Gasteiger partial charge < -0.3 is 14.9 Å². The quantitative estimate of drug-likeness (QED) is 0.536. The molecule has 0 amide bonds. The van der Waals surface area contributed by atoms with E-state index >= 15 is 0 Å². The van der Waals surface area contributed by atoms with E-state index < -0.39 is 11.8 Å². The van der Waals surface area contributed by atoms with E-state index in [2.05, 4.69) is 10.8 Å². The lowest BCUT2D eigenvalue weighted by Gasteiger charge is -2.24. The van der Waals surface area contributed by atoms with Crippen molar-refractivity contribution in [3.05, 3.63) is 0 Å². The number of carbonyl (C=O) groups is 1. The highest BCUT2D eigenvalue weighted by atomic mass is 16.8. The molecule has 0 spiro atoms. The maximum Gasteiger partial charge on any atom is 0.528 e. The van der Waals surface area contributed by atoms with Gasteiger partial charge in [-0.1, -0.05) is 0 Å². The molecule has 5 heteroatoms. The van der Waals surface area contributed by atoms with E-state index in [9.17, 15) is 4.79 Å². The molecule has 0 unspecified atom stereocenters. The van der Waals surface area contributed by atoms with Gasteiger partial charge in [0.1, 0.15) is 5.60 Å². The molecule has 0 saturated carbocycles. The topological polar surface area (TPSA) is 59.6 Å². The van der Waals surface area contributed by atoms with Gasteiger partial charge in [0.2, 0.25) is 0 Å². The predicted octanol–water partition coefficient (Wildman–Crippen LogP) is 1.19. The fourth-order valence-corrected chi connectivity index (χ4v) is 1.35. The maximum atomic E-state index is 11.2. The zero-order valence-electron chi connectivity index (χ0n) is 9.63. The Balaban J connectivity index is 2.15. The van der Waals surface area contributed by atoms with Crippen molar-refractivity contribution in [3.8, 4) is 0 Å². The van der Waals surface area contributed by atoms with E-state index in [0.717, 1.165) is 25.9 Å². The van der Waals surface area contributed by atoms with Crippen molar-refractivity contribution in [2.45, 2.75) is 45.3 Å². The zero-order chi connectivity index (χ0) is 11.3. The monoisotopic (exact) mass is 216 g/mol. The molecule has 1 fully saturated rings. The van der Waals surface area contributed by atoms with Gasteiger partial charge in [-0.3, -0.25) is 0 Å². The first-order valence-corrected chi connectivity index (χ1v) is 5.33. The molecule has 5 nitrogen and oxygen atoms in total. The summed E-state index contributed by atoms with van der Waals surface area (Å²) in [5.74, 6) is 0. The summed E-state index contributed by atoms with van der Waals surface area (Å²) in [6, 6.07) is 0.186. The number of hydrogen-bond donors (Lipinski definition) is 2. The van der Waals surface area contributed by atoms with E-state index in [1.807, 2.05) is 0 Å².